The third kappa shape index (κ3) is 2.82. The predicted molar refractivity (Wildman–Crippen MR) is 78.4 cm³/mol. The molecule has 0 aliphatic rings. The summed E-state index contributed by atoms with van der Waals surface area (Å²) in [5, 5.41) is 16.4. The molecule has 2 aromatic heterocycles. The molecule has 3 rings (SSSR count). The molecule has 3 aromatic rings. The van der Waals surface area contributed by atoms with E-state index in [4.69, 9.17) is 11.6 Å². The van der Waals surface area contributed by atoms with Crippen molar-refractivity contribution in [3.63, 3.8) is 0 Å². The van der Waals surface area contributed by atoms with Gasteiger partial charge in [0, 0.05) is 17.3 Å². The van der Waals surface area contributed by atoms with E-state index in [9.17, 15) is 0 Å². The number of aryl methyl sites for hydroxylation is 1. The number of nitrogens with zero attached hydrogens (tertiary/aromatic N) is 6. The number of halogens is 1. The second-order valence-corrected chi connectivity index (χ2v) is 6.29. The van der Waals surface area contributed by atoms with Gasteiger partial charge in [0.2, 0.25) is 5.16 Å². The topological polar surface area (TPSA) is 69.4 Å². The molecule has 1 aromatic carbocycles. The van der Waals surface area contributed by atoms with Gasteiger partial charge >= 0.3 is 0 Å². The zero-order valence-electron chi connectivity index (χ0n) is 10.4. The molecular weight excluding hydrogens is 316 g/mol. The van der Waals surface area contributed by atoms with Gasteiger partial charge in [0.25, 0.3) is 0 Å². The molecule has 0 amide bonds. The summed E-state index contributed by atoms with van der Waals surface area (Å²) in [5.41, 5.74) is 2.83. The first-order valence-corrected chi connectivity index (χ1v) is 7.82. The van der Waals surface area contributed by atoms with Crippen molar-refractivity contribution in [3.8, 4) is 5.69 Å². The number of hydrogen-bond acceptors (Lipinski definition) is 7. The van der Waals surface area contributed by atoms with Crippen molar-refractivity contribution in [2.75, 3.05) is 0 Å². The first kappa shape index (κ1) is 13.5. The Balaban J connectivity index is 1.82. The summed E-state index contributed by atoms with van der Waals surface area (Å²) >= 11 is 8.63. The molecule has 0 saturated carbocycles. The summed E-state index contributed by atoms with van der Waals surface area (Å²) in [4.78, 5) is 0. The minimum atomic E-state index is 0.585. The van der Waals surface area contributed by atoms with Gasteiger partial charge in [-0.2, -0.15) is 4.68 Å². The van der Waals surface area contributed by atoms with Crippen molar-refractivity contribution in [1.82, 2.24) is 29.8 Å². The third-order valence-corrected chi connectivity index (χ3v) is 4.45. The van der Waals surface area contributed by atoms with Crippen molar-refractivity contribution in [2.24, 2.45) is 0 Å². The van der Waals surface area contributed by atoms with Crippen LogP contribution < -0.4 is 0 Å². The maximum atomic E-state index is 5.98. The molecule has 0 radical (unpaired) electrons. The Morgan fingerprint density at radius 3 is 3.00 bits per heavy atom. The highest BCUT2D eigenvalue weighted by Crippen LogP contribution is 2.26. The Bertz CT molecular complexity index is 725. The molecule has 0 fully saturated rings. The summed E-state index contributed by atoms with van der Waals surface area (Å²) in [6, 6.07) is 7.99. The first-order valence-electron chi connectivity index (χ1n) is 5.69. The van der Waals surface area contributed by atoms with Crippen LogP contribution in [0.2, 0.25) is 4.34 Å². The number of tetrazole rings is 1. The van der Waals surface area contributed by atoms with Crippen LogP contribution in [0.4, 0.5) is 0 Å². The van der Waals surface area contributed by atoms with Crippen LogP contribution in [0.15, 0.2) is 29.4 Å². The average molecular weight is 325 g/mol. The van der Waals surface area contributed by atoms with Gasteiger partial charge in [-0.05, 0) is 35.0 Å². The molecule has 6 nitrogen and oxygen atoms in total. The first-order chi connectivity index (χ1) is 9.74. The van der Waals surface area contributed by atoms with E-state index in [1.165, 1.54) is 23.3 Å². The predicted octanol–water partition coefficient (Wildman–Crippen LogP) is 2.77. The molecule has 0 bridgehead atoms. The summed E-state index contributed by atoms with van der Waals surface area (Å²) in [5.74, 6) is 0.585. The maximum Gasteiger partial charge on any atom is 0.214 e. The molecule has 0 unspecified atom stereocenters. The van der Waals surface area contributed by atoms with Crippen LogP contribution in [0.25, 0.3) is 5.69 Å². The molecular formula is C11H9ClN6S2. The van der Waals surface area contributed by atoms with E-state index in [-0.39, 0.29) is 0 Å². The number of hydrogen-bond donors (Lipinski definition) is 0. The fourth-order valence-corrected chi connectivity index (χ4v) is 3.23. The zero-order valence-corrected chi connectivity index (χ0v) is 12.8. The lowest BCUT2D eigenvalue weighted by Gasteiger charge is -2.04. The van der Waals surface area contributed by atoms with Gasteiger partial charge in [-0.25, -0.2) is 0 Å². The number of benzene rings is 1. The van der Waals surface area contributed by atoms with E-state index in [0.717, 1.165) is 16.9 Å². The number of thioether (sulfide) groups is 1. The van der Waals surface area contributed by atoms with Crippen molar-refractivity contribution >= 4 is 34.9 Å². The van der Waals surface area contributed by atoms with Gasteiger partial charge in [0.1, 0.15) is 10.0 Å². The van der Waals surface area contributed by atoms with Crippen LogP contribution >= 0.6 is 34.9 Å². The highest BCUT2D eigenvalue weighted by atomic mass is 35.5. The van der Waals surface area contributed by atoms with E-state index < -0.39 is 0 Å². The molecule has 0 spiro atoms. The van der Waals surface area contributed by atoms with Crippen LogP contribution in [0, 0.1) is 6.92 Å². The van der Waals surface area contributed by atoms with Gasteiger partial charge in [-0.15, -0.1) is 10.2 Å². The van der Waals surface area contributed by atoms with Crippen molar-refractivity contribution in [3.05, 3.63) is 39.9 Å². The SMILES string of the molecule is Cc1cccc(-n2nnnc2SCc2nnsc2Cl)c1. The second-order valence-electron chi connectivity index (χ2n) is 3.99. The van der Waals surface area contributed by atoms with Crippen molar-refractivity contribution in [1.29, 1.82) is 0 Å². The van der Waals surface area contributed by atoms with E-state index in [1.54, 1.807) is 4.68 Å². The maximum absolute atomic E-state index is 5.98. The Hall–Kier alpha value is -1.51. The van der Waals surface area contributed by atoms with E-state index in [1.807, 2.05) is 31.2 Å². The summed E-state index contributed by atoms with van der Waals surface area (Å²) in [6.45, 7) is 2.03. The molecule has 102 valence electrons. The number of rotatable bonds is 4. The number of aromatic nitrogens is 6. The van der Waals surface area contributed by atoms with E-state index >= 15 is 0 Å². The van der Waals surface area contributed by atoms with Crippen LogP contribution in [0.1, 0.15) is 11.3 Å². The molecule has 0 atom stereocenters. The van der Waals surface area contributed by atoms with Gasteiger partial charge in [-0.1, -0.05) is 40.0 Å². The fourth-order valence-electron chi connectivity index (χ4n) is 1.61. The smallest absolute Gasteiger partial charge is 0.187 e. The Kier molecular flexibility index (Phi) is 3.95. The molecule has 9 heteroatoms. The normalized spacial score (nSPS) is 10.9. The largest absolute Gasteiger partial charge is 0.214 e. The average Bonchev–Trinajstić information content (AvgIpc) is 3.05. The van der Waals surface area contributed by atoms with Crippen LogP contribution in [0.3, 0.4) is 0 Å². The molecule has 0 saturated heterocycles. The highest BCUT2D eigenvalue weighted by Gasteiger charge is 2.12. The van der Waals surface area contributed by atoms with Gasteiger partial charge < -0.3 is 0 Å². The van der Waals surface area contributed by atoms with Gasteiger partial charge in [-0.3, -0.25) is 0 Å². The van der Waals surface area contributed by atoms with Crippen LogP contribution in [0.5, 0.6) is 0 Å². The van der Waals surface area contributed by atoms with Gasteiger partial charge in [0.15, 0.2) is 0 Å². The minimum Gasteiger partial charge on any atom is -0.187 e. The Morgan fingerprint density at radius 1 is 1.35 bits per heavy atom. The van der Waals surface area contributed by atoms with Crippen LogP contribution in [-0.2, 0) is 5.75 Å². The fraction of sp³-hybridized carbons (Fsp3) is 0.182. The zero-order chi connectivity index (χ0) is 13.9. The molecule has 20 heavy (non-hydrogen) atoms. The lowest BCUT2D eigenvalue weighted by molar-refractivity contribution is 0.755. The monoisotopic (exact) mass is 324 g/mol. The molecule has 0 aliphatic carbocycles. The lowest BCUT2D eigenvalue weighted by atomic mass is 10.2. The van der Waals surface area contributed by atoms with Crippen molar-refractivity contribution < 1.29 is 0 Å². The summed E-state index contributed by atoms with van der Waals surface area (Å²) in [7, 11) is 0. The minimum absolute atomic E-state index is 0.585. The Labute approximate surface area is 128 Å². The lowest BCUT2D eigenvalue weighted by Crippen LogP contribution is -1.99. The highest BCUT2D eigenvalue weighted by molar-refractivity contribution is 7.98. The third-order valence-electron chi connectivity index (χ3n) is 2.53. The molecule has 0 N–H and O–H groups in total. The quantitative estimate of drug-likeness (QED) is 0.687. The standard InChI is InChI=1S/C11H9ClN6S2/c1-7-3-2-4-8(5-7)18-11(14-15-16-18)19-6-9-10(12)20-17-13-9/h2-5H,6H2,1H3. The summed E-state index contributed by atoms with van der Waals surface area (Å²) in [6.07, 6.45) is 0. The van der Waals surface area contributed by atoms with Crippen LogP contribution in [-0.4, -0.2) is 29.8 Å². The van der Waals surface area contributed by atoms with Crippen molar-refractivity contribution in [2.45, 2.75) is 17.8 Å². The summed E-state index contributed by atoms with van der Waals surface area (Å²) < 4.78 is 6.11. The van der Waals surface area contributed by atoms with Gasteiger partial charge in [0.05, 0.1) is 5.69 Å². The van der Waals surface area contributed by atoms with E-state index in [2.05, 4.69) is 25.1 Å². The molecule has 2 heterocycles. The Morgan fingerprint density at radius 2 is 2.25 bits per heavy atom. The molecule has 0 aliphatic heterocycles. The second kappa shape index (κ2) is 5.86. The van der Waals surface area contributed by atoms with E-state index in [0.29, 0.717) is 15.2 Å².